The van der Waals surface area contributed by atoms with Gasteiger partial charge in [0.1, 0.15) is 28.5 Å². The molecule has 3 heterocycles. The van der Waals surface area contributed by atoms with Crippen molar-refractivity contribution in [1.82, 2.24) is 10.2 Å². The first kappa shape index (κ1) is 37.6. The van der Waals surface area contributed by atoms with Gasteiger partial charge in [-0.1, -0.05) is 121 Å². The highest BCUT2D eigenvalue weighted by Crippen LogP contribution is 2.59. The topological polar surface area (TPSA) is 84.9 Å². The van der Waals surface area contributed by atoms with Crippen molar-refractivity contribution in [1.29, 1.82) is 0 Å². The van der Waals surface area contributed by atoms with E-state index in [1.54, 1.807) is 4.90 Å². The number of thiophene rings is 1. The molecule has 10 heteroatoms. The number of methoxy groups -OCH3 is 1. The van der Waals surface area contributed by atoms with E-state index in [0.717, 1.165) is 37.5 Å². The standard InChI is InChI=1S/C46H39N2O5PS2/c1-52-46(47-40(49)30-39-28-17-29-55-39)44(51)48-41(43(50)53-42(33-18-7-2-8-19-33)34-20-9-3-10-21-34)35(32-56-45(46)48)31-54(36-22-11-4-12-23-36,37-24-13-5-14-25-37)38-26-15-6-16-27-38/h2-29,32,41-42,45H,30-31H2,1H3/p+1/t41?,45-,46+/m1/s1. The van der Waals surface area contributed by atoms with Crippen molar-refractivity contribution in [3.05, 3.63) is 196 Å². The van der Waals surface area contributed by atoms with Crippen molar-refractivity contribution < 1.29 is 23.9 Å². The van der Waals surface area contributed by atoms with E-state index in [0.29, 0.717) is 6.16 Å². The number of nitrogens with one attached hydrogen (secondary N) is 1. The van der Waals surface area contributed by atoms with Crippen LogP contribution in [0.4, 0.5) is 0 Å². The Morgan fingerprint density at radius 2 is 1.23 bits per heavy atom. The second kappa shape index (κ2) is 16.4. The average Bonchev–Trinajstić information content (AvgIpc) is 3.78. The number of hydrogen-bond donors (Lipinski definition) is 1. The molecule has 2 aliphatic rings. The van der Waals surface area contributed by atoms with Gasteiger partial charge < -0.3 is 19.7 Å². The van der Waals surface area contributed by atoms with E-state index in [-0.39, 0.29) is 12.3 Å². The maximum absolute atomic E-state index is 15.1. The molecule has 2 amide bonds. The third-order valence-corrected chi connectivity index (χ3v) is 16.9. The van der Waals surface area contributed by atoms with E-state index >= 15 is 4.79 Å². The van der Waals surface area contributed by atoms with Gasteiger partial charge in [0.05, 0.1) is 12.6 Å². The zero-order valence-electron chi connectivity index (χ0n) is 30.6. The number of nitrogens with zero attached hydrogens (tertiary/aromatic N) is 1. The van der Waals surface area contributed by atoms with Crippen molar-refractivity contribution in [3.8, 4) is 0 Å². The highest BCUT2D eigenvalue weighted by molar-refractivity contribution is 8.03. The van der Waals surface area contributed by atoms with Gasteiger partial charge in [0.2, 0.25) is 5.91 Å². The molecular weight excluding hydrogens is 756 g/mol. The summed E-state index contributed by atoms with van der Waals surface area (Å²) in [5.74, 6) is -1.40. The fourth-order valence-corrected chi connectivity index (χ4v) is 14.2. The van der Waals surface area contributed by atoms with Crippen molar-refractivity contribution >= 4 is 64.1 Å². The Hall–Kier alpha value is -5.31. The number of rotatable bonds is 13. The molecule has 280 valence electrons. The van der Waals surface area contributed by atoms with Gasteiger partial charge in [0, 0.05) is 17.6 Å². The van der Waals surface area contributed by atoms with Crippen LogP contribution >= 0.6 is 30.4 Å². The van der Waals surface area contributed by atoms with Gasteiger partial charge in [-0.2, -0.15) is 0 Å². The molecular formula is C46H40N2O5PS2+. The Balaban J connectivity index is 1.24. The molecule has 1 fully saturated rings. The van der Waals surface area contributed by atoms with Crippen LogP contribution < -0.4 is 21.2 Å². The van der Waals surface area contributed by atoms with Crippen LogP contribution in [0.25, 0.3) is 0 Å². The lowest BCUT2D eigenvalue weighted by molar-refractivity contribution is -0.202. The summed E-state index contributed by atoms with van der Waals surface area (Å²) >= 11 is 2.85. The molecule has 6 aromatic rings. The predicted octanol–water partition coefficient (Wildman–Crippen LogP) is 7.24. The number of thioether (sulfide) groups is 1. The number of carbonyl (C=O) groups is 3. The average molecular weight is 796 g/mol. The Kier molecular flexibility index (Phi) is 11.0. The molecule has 5 aromatic carbocycles. The van der Waals surface area contributed by atoms with Gasteiger partial charge in [-0.15, -0.1) is 23.1 Å². The van der Waals surface area contributed by atoms with Crippen LogP contribution in [0.3, 0.4) is 0 Å². The first-order chi connectivity index (χ1) is 27.4. The van der Waals surface area contributed by atoms with Crippen LogP contribution in [-0.2, 0) is 30.3 Å². The van der Waals surface area contributed by atoms with E-state index in [9.17, 15) is 9.59 Å². The highest BCUT2D eigenvalue weighted by atomic mass is 32.2. The summed E-state index contributed by atoms with van der Waals surface area (Å²) in [6.07, 6.45) is -0.167. The minimum Gasteiger partial charge on any atom is -0.451 e. The molecule has 0 spiro atoms. The maximum Gasteiger partial charge on any atom is 0.334 e. The van der Waals surface area contributed by atoms with Crippen molar-refractivity contribution in [3.63, 3.8) is 0 Å². The monoisotopic (exact) mass is 795 g/mol. The summed E-state index contributed by atoms with van der Waals surface area (Å²) in [6.45, 7) is 0. The number of β-lactam (4-membered cyclic amide) rings is 1. The predicted molar refractivity (Wildman–Crippen MR) is 227 cm³/mol. The summed E-state index contributed by atoms with van der Waals surface area (Å²) in [4.78, 5) is 45.7. The number of benzene rings is 5. The lowest BCUT2D eigenvalue weighted by atomic mass is 9.94. The summed E-state index contributed by atoms with van der Waals surface area (Å²) in [5, 5.41) is 9.54. The smallest absolute Gasteiger partial charge is 0.334 e. The van der Waals surface area contributed by atoms with Crippen LogP contribution in [0.1, 0.15) is 22.1 Å². The Labute approximate surface area is 335 Å². The number of esters is 1. The molecule has 8 rings (SSSR count). The quantitative estimate of drug-likeness (QED) is 0.0575. The molecule has 56 heavy (non-hydrogen) atoms. The molecule has 2 aliphatic heterocycles. The molecule has 0 aliphatic carbocycles. The summed E-state index contributed by atoms with van der Waals surface area (Å²) in [6, 6.07) is 53.2. The molecule has 1 saturated heterocycles. The number of ether oxygens (including phenoxy) is 2. The summed E-state index contributed by atoms with van der Waals surface area (Å²) in [5.41, 5.74) is 0.702. The number of amides is 2. The number of fused-ring (bicyclic) bond motifs is 1. The van der Waals surface area contributed by atoms with Gasteiger partial charge in [0.15, 0.2) is 12.1 Å². The van der Waals surface area contributed by atoms with Gasteiger partial charge in [0.25, 0.3) is 11.6 Å². The normalized spacial score (nSPS) is 19.1. The highest BCUT2D eigenvalue weighted by Gasteiger charge is 2.68. The summed E-state index contributed by atoms with van der Waals surface area (Å²) in [7, 11) is -1.09. The second-order valence-corrected chi connectivity index (χ2v) is 19.1. The zero-order chi connectivity index (χ0) is 38.5. The molecule has 1 aromatic heterocycles. The summed E-state index contributed by atoms with van der Waals surface area (Å²) < 4.78 is 12.5. The molecule has 1 unspecified atom stereocenters. The second-order valence-electron chi connectivity index (χ2n) is 13.7. The third-order valence-electron chi connectivity index (χ3n) is 10.4. The molecule has 1 N–H and O–H groups in total. The van der Waals surface area contributed by atoms with Crippen molar-refractivity contribution in [2.45, 2.75) is 29.7 Å². The van der Waals surface area contributed by atoms with E-state index in [2.05, 4.69) is 78.1 Å². The van der Waals surface area contributed by atoms with Crippen LogP contribution in [0, 0.1) is 0 Å². The Morgan fingerprint density at radius 1 is 0.732 bits per heavy atom. The van der Waals surface area contributed by atoms with Crippen LogP contribution in [0.5, 0.6) is 0 Å². The van der Waals surface area contributed by atoms with Gasteiger partial charge in [-0.05, 0) is 64.4 Å². The molecule has 0 radical (unpaired) electrons. The van der Waals surface area contributed by atoms with E-state index < -0.39 is 42.4 Å². The first-order valence-electron chi connectivity index (χ1n) is 18.4. The third kappa shape index (κ3) is 7.01. The minimum atomic E-state index is -2.51. The van der Waals surface area contributed by atoms with Crippen LogP contribution in [0.2, 0.25) is 0 Å². The molecule has 3 atom stereocenters. The zero-order valence-corrected chi connectivity index (χ0v) is 33.2. The van der Waals surface area contributed by atoms with Crippen LogP contribution in [-0.4, -0.2) is 53.1 Å². The van der Waals surface area contributed by atoms with E-state index in [1.165, 1.54) is 30.2 Å². The lowest BCUT2D eigenvalue weighted by Crippen LogP contribution is -2.83. The number of hydrogen-bond acceptors (Lipinski definition) is 7. The SMILES string of the molecule is CO[C@@]1(NC(=O)Cc2cccs2)C(=O)N2C(C(=O)OC(c3ccccc3)c3ccccc3)C(C[P+](c3ccccc3)(c3ccccc3)c3ccccc3)=CS[C@@H]21. The van der Waals surface area contributed by atoms with Gasteiger partial charge in [-0.3, -0.25) is 9.59 Å². The Morgan fingerprint density at radius 3 is 1.70 bits per heavy atom. The number of carbonyl (C=O) groups excluding carboxylic acids is 3. The van der Waals surface area contributed by atoms with Crippen molar-refractivity contribution in [2.75, 3.05) is 13.3 Å². The molecule has 7 nitrogen and oxygen atoms in total. The van der Waals surface area contributed by atoms with E-state index in [1.807, 2.05) is 102 Å². The van der Waals surface area contributed by atoms with Crippen LogP contribution in [0.15, 0.2) is 180 Å². The van der Waals surface area contributed by atoms with Gasteiger partial charge in [-0.25, -0.2) is 4.79 Å². The maximum atomic E-state index is 15.1. The molecule has 0 saturated carbocycles. The lowest BCUT2D eigenvalue weighted by Gasteiger charge is -2.57. The van der Waals surface area contributed by atoms with Gasteiger partial charge >= 0.3 is 5.97 Å². The van der Waals surface area contributed by atoms with E-state index in [4.69, 9.17) is 9.47 Å². The Bertz CT molecular complexity index is 2180. The molecule has 0 bridgehead atoms. The van der Waals surface area contributed by atoms with Crippen molar-refractivity contribution in [2.24, 2.45) is 0 Å². The minimum absolute atomic E-state index is 0.105. The fraction of sp³-hybridized carbons (Fsp3) is 0.152. The fourth-order valence-electron chi connectivity index (χ4n) is 7.72. The first-order valence-corrected chi connectivity index (χ1v) is 22.2. The largest absolute Gasteiger partial charge is 0.451 e.